The highest BCUT2D eigenvalue weighted by atomic mass is 32.2. The van der Waals surface area contributed by atoms with Crippen molar-refractivity contribution in [2.75, 3.05) is 5.43 Å². The van der Waals surface area contributed by atoms with Crippen LogP contribution in [0.1, 0.15) is 34.5 Å². The third-order valence-electron chi connectivity index (χ3n) is 4.79. The van der Waals surface area contributed by atoms with Gasteiger partial charge in [0.2, 0.25) is 10.0 Å². The number of fused-ring (bicyclic) bond motifs is 1. The lowest BCUT2D eigenvalue weighted by Crippen LogP contribution is -2.30. The molecule has 8 heteroatoms. The minimum Gasteiger partial charge on any atom is -0.298 e. The predicted octanol–water partition coefficient (Wildman–Crippen LogP) is 3.05. The van der Waals surface area contributed by atoms with Crippen molar-refractivity contribution in [3.8, 4) is 0 Å². The van der Waals surface area contributed by atoms with Gasteiger partial charge in [0, 0.05) is 11.4 Å². The lowest BCUT2D eigenvalue weighted by molar-refractivity contribution is 0.0962. The molecule has 1 aliphatic carbocycles. The van der Waals surface area contributed by atoms with Crippen LogP contribution in [-0.4, -0.2) is 25.4 Å². The van der Waals surface area contributed by atoms with Crippen molar-refractivity contribution in [2.24, 2.45) is 0 Å². The van der Waals surface area contributed by atoms with Crippen LogP contribution in [-0.2, 0) is 10.0 Å². The quantitative estimate of drug-likeness (QED) is 0.543. The Kier molecular flexibility index (Phi) is 4.97. The molecular formula is C21H22N4O3S. The average Bonchev–Trinajstić information content (AvgIpc) is 3.49. The van der Waals surface area contributed by atoms with Gasteiger partial charge in [-0.2, -0.15) is 0 Å². The van der Waals surface area contributed by atoms with Crippen LogP contribution in [0.4, 0.5) is 5.69 Å². The largest absolute Gasteiger partial charge is 0.298 e. The lowest BCUT2D eigenvalue weighted by atomic mass is 10.1. The number of aryl methyl sites for hydroxylation is 2. The standard InChI is InChI=1S/C21H22N4O3S/c1-13-3-10-20-15(11-13)12-19(14(2)22-20)21(26)24-23-16-6-8-18(9-7-16)29(27,28)25-17-4-5-17/h3,6-12,17,23,25H,4-5H2,1-2H3,(H,24,26). The molecule has 0 bridgehead atoms. The molecule has 0 spiro atoms. The Balaban J connectivity index is 1.45. The molecule has 29 heavy (non-hydrogen) atoms. The topological polar surface area (TPSA) is 100 Å². The van der Waals surface area contributed by atoms with Gasteiger partial charge in [-0.3, -0.25) is 20.6 Å². The van der Waals surface area contributed by atoms with Gasteiger partial charge in [0.15, 0.2) is 0 Å². The number of anilines is 1. The zero-order chi connectivity index (χ0) is 20.6. The van der Waals surface area contributed by atoms with E-state index in [9.17, 15) is 13.2 Å². The highest BCUT2D eigenvalue weighted by Gasteiger charge is 2.27. The molecule has 1 fully saturated rings. The molecule has 0 radical (unpaired) electrons. The van der Waals surface area contributed by atoms with E-state index in [4.69, 9.17) is 0 Å². The van der Waals surface area contributed by atoms with Crippen molar-refractivity contribution in [2.45, 2.75) is 37.6 Å². The van der Waals surface area contributed by atoms with Crippen molar-refractivity contribution in [1.29, 1.82) is 0 Å². The molecule has 2 aromatic carbocycles. The first-order chi connectivity index (χ1) is 13.8. The molecule has 1 aromatic heterocycles. The molecular weight excluding hydrogens is 388 g/mol. The number of aromatic nitrogens is 1. The number of sulfonamides is 1. The van der Waals surface area contributed by atoms with E-state index in [-0.39, 0.29) is 16.8 Å². The summed E-state index contributed by atoms with van der Waals surface area (Å²) in [7, 11) is -3.49. The fraction of sp³-hybridized carbons (Fsp3) is 0.238. The maximum absolute atomic E-state index is 12.6. The zero-order valence-electron chi connectivity index (χ0n) is 16.2. The molecule has 3 aromatic rings. The summed E-state index contributed by atoms with van der Waals surface area (Å²) in [6, 6.07) is 14.0. The number of hydrogen-bond donors (Lipinski definition) is 3. The maximum atomic E-state index is 12.6. The normalized spacial score (nSPS) is 14.0. The smallest absolute Gasteiger partial charge is 0.271 e. The summed E-state index contributed by atoms with van der Waals surface area (Å²) in [6.07, 6.45) is 1.76. The maximum Gasteiger partial charge on any atom is 0.271 e. The van der Waals surface area contributed by atoms with Crippen LogP contribution < -0.4 is 15.6 Å². The van der Waals surface area contributed by atoms with Crippen LogP contribution in [0.25, 0.3) is 10.9 Å². The van der Waals surface area contributed by atoms with Crippen molar-refractivity contribution >= 4 is 32.5 Å². The molecule has 1 amide bonds. The molecule has 3 N–H and O–H groups in total. The lowest BCUT2D eigenvalue weighted by Gasteiger charge is -2.12. The molecule has 1 saturated carbocycles. The van der Waals surface area contributed by atoms with E-state index in [0.29, 0.717) is 16.9 Å². The van der Waals surface area contributed by atoms with Crippen LogP contribution in [0.2, 0.25) is 0 Å². The first kappa shape index (κ1) is 19.4. The highest BCUT2D eigenvalue weighted by Crippen LogP contribution is 2.23. The second-order valence-electron chi connectivity index (χ2n) is 7.32. The van der Waals surface area contributed by atoms with E-state index in [1.807, 2.05) is 31.2 Å². The van der Waals surface area contributed by atoms with Gasteiger partial charge in [-0.1, -0.05) is 11.6 Å². The number of nitrogens with zero attached hydrogens (tertiary/aromatic N) is 1. The number of rotatable bonds is 6. The molecule has 0 aliphatic heterocycles. The van der Waals surface area contributed by atoms with Gasteiger partial charge in [-0.15, -0.1) is 0 Å². The molecule has 0 saturated heterocycles. The van der Waals surface area contributed by atoms with Crippen LogP contribution >= 0.6 is 0 Å². The number of amides is 1. The summed E-state index contributed by atoms with van der Waals surface area (Å²) in [5, 5.41) is 0.901. The number of hydrogen-bond acceptors (Lipinski definition) is 5. The molecule has 1 aliphatic rings. The summed E-state index contributed by atoms with van der Waals surface area (Å²) in [5.41, 5.74) is 9.08. The fourth-order valence-electron chi connectivity index (χ4n) is 3.02. The van der Waals surface area contributed by atoms with Crippen molar-refractivity contribution in [1.82, 2.24) is 15.1 Å². The first-order valence-electron chi connectivity index (χ1n) is 9.38. The second-order valence-corrected chi connectivity index (χ2v) is 9.03. The third-order valence-corrected chi connectivity index (χ3v) is 6.33. The number of nitrogens with one attached hydrogen (secondary N) is 3. The predicted molar refractivity (Wildman–Crippen MR) is 112 cm³/mol. The minimum absolute atomic E-state index is 0.0553. The third kappa shape index (κ3) is 4.38. The SMILES string of the molecule is Cc1ccc2nc(C)c(C(=O)NNc3ccc(S(=O)(=O)NC4CC4)cc3)cc2c1. The van der Waals surface area contributed by atoms with Gasteiger partial charge in [0.05, 0.1) is 27.4 Å². The molecule has 150 valence electrons. The van der Waals surface area contributed by atoms with Crippen LogP contribution in [0.5, 0.6) is 0 Å². The van der Waals surface area contributed by atoms with Crippen LogP contribution in [0.3, 0.4) is 0 Å². The Bertz CT molecular complexity index is 1190. The van der Waals surface area contributed by atoms with E-state index in [0.717, 1.165) is 29.3 Å². The highest BCUT2D eigenvalue weighted by molar-refractivity contribution is 7.89. The summed E-state index contributed by atoms with van der Waals surface area (Å²) in [6.45, 7) is 3.78. The Hall–Kier alpha value is -2.97. The number of carbonyl (C=O) groups excluding carboxylic acids is 1. The summed E-state index contributed by atoms with van der Waals surface area (Å²) >= 11 is 0. The second kappa shape index (κ2) is 7.46. The van der Waals surface area contributed by atoms with E-state index < -0.39 is 10.0 Å². The van der Waals surface area contributed by atoms with E-state index >= 15 is 0 Å². The van der Waals surface area contributed by atoms with Gasteiger partial charge >= 0.3 is 0 Å². The Morgan fingerprint density at radius 1 is 1.03 bits per heavy atom. The summed E-state index contributed by atoms with van der Waals surface area (Å²) in [4.78, 5) is 17.3. The molecule has 0 unspecified atom stereocenters. The molecule has 0 atom stereocenters. The van der Waals surface area contributed by atoms with Gasteiger partial charge < -0.3 is 0 Å². The Morgan fingerprint density at radius 2 is 1.76 bits per heavy atom. The summed E-state index contributed by atoms with van der Waals surface area (Å²) < 4.78 is 27.0. The van der Waals surface area contributed by atoms with Crippen molar-refractivity contribution < 1.29 is 13.2 Å². The number of pyridine rings is 1. The fourth-order valence-corrected chi connectivity index (χ4v) is 4.33. The van der Waals surface area contributed by atoms with E-state index in [2.05, 4.69) is 20.6 Å². The number of hydrazine groups is 1. The summed E-state index contributed by atoms with van der Waals surface area (Å²) in [5.74, 6) is -0.314. The van der Waals surface area contributed by atoms with Crippen molar-refractivity contribution in [3.63, 3.8) is 0 Å². The molecule has 1 heterocycles. The average molecular weight is 410 g/mol. The Labute approximate surface area is 169 Å². The zero-order valence-corrected chi connectivity index (χ0v) is 17.0. The Morgan fingerprint density at radius 3 is 2.45 bits per heavy atom. The van der Waals surface area contributed by atoms with Gasteiger partial charge in [0.25, 0.3) is 5.91 Å². The van der Waals surface area contributed by atoms with Gasteiger partial charge in [-0.05, 0) is 69.2 Å². The first-order valence-corrected chi connectivity index (χ1v) is 10.9. The van der Waals surface area contributed by atoms with Crippen LogP contribution in [0, 0.1) is 13.8 Å². The molecule has 7 nitrogen and oxygen atoms in total. The van der Waals surface area contributed by atoms with E-state index in [1.165, 1.54) is 12.1 Å². The number of carbonyl (C=O) groups is 1. The number of benzene rings is 2. The van der Waals surface area contributed by atoms with Gasteiger partial charge in [0.1, 0.15) is 0 Å². The van der Waals surface area contributed by atoms with Gasteiger partial charge in [-0.25, -0.2) is 13.1 Å². The molecule has 4 rings (SSSR count). The van der Waals surface area contributed by atoms with Crippen molar-refractivity contribution in [3.05, 3.63) is 65.4 Å². The monoisotopic (exact) mass is 410 g/mol. The van der Waals surface area contributed by atoms with Crippen LogP contribution in [0.15, 0.2) is 53.4 Å². The van der Waals surface area contributed by atoms with E-state index in [1.54, 1.807) is 19.1 Å². The minimum atomic E-state index is -3.49.